The summed E-state index contributed by atoms with van der Waals surface area (Å²) in [6.07, 6.45) is -1.84. The zero-order valence-electron chi connectivity index (χ0n) is 12.4. The van der Waals surface area contributed by atoms with Crippen LogP contribution in [0.5, 0.6) is 0 Å². The Balaban J connectivity index is 3.32. The van der Waals surface area contributed by atoms with E-state index in [1.54, 1.807) is 0 Å². The van der Waals surface area contributed by atoms with Gasteiger partial charge in [0, 0.05) is 5.30 Å². The molecule has 1 atom stereocenters. The van der Waals surface area contributed by atoms with Crippen LogP contribution in [-0.2, 0) is 0 Å². The molecule has 18 heavy (non-hydrogen) atoms. The van der Waals surface area contributed by atoms with E-state index in [2.05, 4.69) is 63.5 Å². The predicted octanol–water partition coefficient (Wildman–Crippen LogP) is 5.38. The average molecular weight is 318 g/mol. The van der Waals surface area contributed by atoms with Gasteiger partial charge in [0.25, 0.3) is 0 Å². The van der Waals surface area contributed by atoms with Gasteiger partial charge in [0.1, 0.15) is 0 Å². The van der Waals surface area contributed by atoms with Crippen LogP contribution in [0, 0.1) is 0 Å². The third kappa shape index (κ3) is 5.44. The van der Waals surface area contributed by atoms with E-state index in [0.717, 1.165) is 5.79 Å². The first-order chi connectivity index (χ1) is 8.02. The summed E-state index contributed by atoms with van der Waals surface area (Å²) in [6.45, 7) is 14.0. The van der Waals surface area contributed by atoms with Crippen LogP contribution in [0.1, 0.15) is 0 Å². The molecule has 1 rings (SSSR count). The Hall–Kier alpha value is 0.174. The van der Waals surface area contributed by atoms with Crippen LogP contribution in [0.25, 0.3) is 0 Å². The van der Waals surface area contributed by atoms with E-state index in [4.69, 9.17) is 15.7 Å². The molecule has 1 aromatic rings. The molecule has 0 fully saturated rings. The van der Waals surface area contributed by atoms with Crippen molar-refractivity contribution in [2.45, 2.75) is 39.3 Å². The first kappa shape index (κ1) is 16.2. The van der Waals surface area contributed by atoms with E-state index in [9.17, 15) is 0 Å². The number of rotatable bonds is 4. The van der Waals surface area contributed by atoms with Crippen molar-refractivity contribution >= 4 is 39.3 Å². The van der Waals surface area contributed by atoms with Gasteiger partial charge in [0.15, 0.2) is 8.24 Å². The maximum absolute atomic E-state index is 7.05. The van der Waals surface area contributed by atoms with Crippen LogP contribution in [0.3, 0.4) is 0 Å². The van der Waals surface area contributed by atoms with Crippen LogP contribution >= 0.6 is 17.6 Å². The summed E-state index contributed by atoms with van der Waals surface area (Å²) in [6, 6.07) is 10.5. The molecule has 0 saturated heterocycles. The highest BCUT2D eigenvalue weighted by Crippen LogP contribution is 2.56. The highest BCUT2D eigenvalue weighted by Gasteiger charge is 2.29. The van der Waals surface area contributed by atoms with Crippen LogP contribution in [0.15, 0.2) is 34.7 Å². The molecule has 0 aliphatic carbocycles. The third-order valence-corrected chi connectivity index (χ3v) is 14.9. The van der Waals surface area contributed by atoms with E-state index >= 15 is 0 Å². The van der Waals surface area contributed by atoms with Crippen LogP contribution in [0.2, 0.25) is 39.3 Å². The molecule has 0 spiro atoms. The molecule has 1 aromatic carbocycles. The van der Waals surface area contributed by atoms with E-state index in [1.165, 1.54) is 5.30 Å². The normalized spacial score (nSPS) is 16.2. The Kier molecular flexibility index (Phi) is 5.10. The molecule has 0 heterocycles. The Bertz CT molecular complexity index is 446. The fraction of sp³-hybridized carbons (Fsp3) is 0.538. The maximum Gasteiger partial charge on any atom is 0.172 e. The van der Waals surface area contributed by atoms with Gasteiger partial charge >= 0.3 is 0 Å². The van der Waals surface area contributed by atoms with Crippen molar-refractivity contribution in [3.05, 3.63) is 30.3 Å². The van der Waals surface area contributed by atoms with Gasteiger partial charge in [-0.1, -0.05) is 80.9 Å². The minimum absolute atomic E-state index is 1.11. The van der Waals surface area contributed by atoms with Gasteiger partial charge in [0.05, 0.1) is 14.5 Å². The highest BCUT2D eigenvalue weighted by atomic mass is 35.7. The van der Waals surface area contributed by atoms with Crippen molar-refractivity contribution in [1.82, 2.24) is 0 Å². The molecule has 0 aromatic heterocycles. The lowest BCUT2D eigenvalue weighted by Gasteiger charge is -2.28. The van der Waals surface area contributed by atoms with E-state index in [-0.39, 0.29) is 0 Å². The van der Waals surface area contributed by atoms with Gasteiger partial charge in [-0.15, -0.1) is 0 Å². The molecular weight excluding hydrogens is 293 g/mol. The second-order valence-electron chi connectivity index (χ2n) is 7.00. The van der Waals surface area contributed by atoms with Crippen molar-refractivity contribution in [1.29, 1.82) is 0 Å². The Morgan fingerprint density at radius 3 is 1.89 bits per heavy atom. The molecule has 0 aliphatic rings. The maximum atomic E-state index is 7.05. The fourth-order valence-corrected chi connectivity index (χ4v) is 19.1. The lowest BCUT2D eigenvalue weighted by Crippen LogP contribution is -2.29. The van der Waals surface area contributed by atoms with Gasteiger partial charge < -0.3 is 4.41 Å². The zero-order chi connectivity index (χ0) is 14.0. The monoisotopic (exact) mass is 317 g/mol. The van der Waals surface area contributed by atoms with Crippen molar-refractivity contribution in [3.63, 3.8) is 0 Å². The number of benzene rings is 1. The molecule has 5 heteroatoms. The number of hydrogen-bond acceptors (Lipinski definition) is 1. The number of nitrogens with zero attached hydrogens (tertiary/aromatic N) is 1. The Morgan fingerprint density at radius 1 is 1.00 bits per heavy atom. The predicted molar refractivity (Wildman–Crippen MR) is 92.8 cm³/mol. The molecule has 1 nitrogen and oxygen atoms in total. The summed E-state index contributed by atoms with van der Waals surface area (Å²) < 4.78 is 5.15. The lowest BCUT2D eigenvalue weighted by molar-refractivity contribution is 1.57. The smallest absolute Gasteiger partial charge is 0.172 e. The summed E-state index contributed by atoms with van der Waals surface area (Å²) in [5.41, 5.74) is 0. The van der Waals surface area contributed by atoms with Crippen LogP contribution in [-0.4, -0.2) is 22.1 Å². The van der Waals surface area contributed by atoms with Crippen molar-refractivity contribution in [2.75, 3.05) is 5.79 Å². The Morgan fingerprint density at radius 2 is 1.50 bits per heavy atom. The van der Waals surface area contributed by atoms with Crippen molar-refractivity contribution in [3.8, 4) is 0 Å². The van der Waals surface area contributed by atoms with Crippen molar-refractivity contribution < 1.29 is 0 Å². The van der Waals surface area contributed by atoms with Crippen LogP contribution < -0.4 is 5.30 Å². The summed E-state index contributed by atoms with van der Waals surface area (Å²) in [4.78, 5) is 0. The summed E-state index contributed by atoms with van der Waals surface area (Å²) >= 11 is 7.05. The lowest BCUT2D eigenvalue weighted by atomic mass is 10.4. The van der Waals surface area contributed by atoms with E-state index in [1.807, 2.05) is 6.07 Å². The fourth-order valence-electron chi connectivity index (χ4n) is 1.94. The quantitative estimate of drug-likeness (QED) is 0.522. The summed E-state index contributed by atoms with van der Waals surface area (Å²) in [5.74, 6) is 1.11. The van der Waals surface area contributed by atoms with Gasteiger partial charge in [-0.05, 0) is 5.79 Å². The van der Waals surface area contributed by atoms with E-state index < -0.39 is 22.7 Å². The molecule has 0 saturated carbocycles. The Labute approximate surface area is 119 Å². The SMILES string of the molecule is C[Si](C)(C)CP(Cl)(=N[Si](C)(C)C)c1ccccc1. The molecule has 0 aliphatic heterocycles. The van der Waals surface area contributed by atoms with Gasteiger partial charge in [-0.25, -0.2) is 0 Å². The molecule has 102 valence electrons. The molecule has 0 N–H and O–H groups in total. The number of hydrogen-bond donors (Lipinski definition) is 0. The van der Waals surface area contributed by atoms with Crippen molar-refractivity contribution in [2.24, 2.45) is 4.41 Å². The molecule has 0 radical (unpaired) electrons. The highest BCUT2D eigenvalue weighted by molar-refractivity contribution is 7.98. The standard InChI is InChI=1S/C13H25ClNPSi2/c1-17(2,3)12-16(14,15-18(4,5)6)13-10-8-7-9-11-13/h7-11H,12H2,1-6H3. The average Bonchev–Trinajstić information content (AvgIpc) is 2.13. The van der Waals surface area contributed by atoms with Gasteiger partial charge in [-0.2, -0.15) is 0 Å². The third-order valence-electron chi connectivity index (χ3n) is 2.29. The largest absolute Gasteiger partial charge is 0.320 e. The summed E-state index contributed by atoms with van der Waals surface area (Å²) in [7, 11) is -2.74. The summed E-state index contributed by atoms with van der Waals surface area (Å²) in [5, 5.41) is 1.26. The minimum Gasteiger partial charge on any atom is -0.320 e. The topological polar surface area (TPSA) is 12.4 Å². The molecule has 0 bridgehead atoms. The zero-order valence-corrected chi connectivity index (χ0v) is 16.0. The van der Waals surface area contributed by atoms with Crippen LogP contribution in [0.4, 0.5) is 0 Å². The van der Waals surface area contributed by atoms with E-state index in [0.29, 0.717) is 0 Å². The van der Waals surface area contributed by atoms with Gasteiger partial charge in [0.2, 0.25) is 0 Å². The first-order valence-corrected chi connectivity index (χ1v) is 16.4. The van der Waals surface area contributed by atoms with Gasteiger partial charge in [-0.3, -0.25) is 0 Å². The molecule has 0 amide bonds. The second kappa shape index (κ2) is 5.66. The minimum atomic E-state index is -1.84. The second-order valence-corrected chi connectivity index (χ2v) is 22.1. The first-order valence-electron chi connectivity index (χ1n) is 6.40. The molecule has 1 unspecified atom stereocenters. The number of halogens is 1. The molecular formula is C13H25ClNPSi2.